The molecule has 0 heterocycles. The minimum Gasteiger partial charge on any atom is -0.298 e. The highest BCUT2D eigenvalue weighted by molar-refractivity contribution is 5.95. The largest absolute Gasteiger partial charge is 0.298 e. The zero-order valence-corrected chi connectivity index (χ0v) is 11.3. The predicted molar refractivity (Wildman–Crippen MR) is 80.0 cm³/mol. The van der Waals surface area contributed by atoms with Crippen molar-refractivity contribution in [3.8, 4) is 0 Å². The van der Waals surface area contributed by atoms with Gasteiger partial charge in [-0.25, -0.2) is 0 Å². The van der Waals surface area contributed by atoms with Crippen molar-refractivity contribution in [1.29, 1.82) is 0 Å². The summed E-state index contributed by atoms with van der Waals surface area (Å²) in [6, 6.07) is 10.6. The van der Waals surface area contributed by atoms with Crippen LogP contribution in [0.5, 0.6) is 0 Å². The number of hydrogen-bond acceptors (Lipinski definition) is 1. The molecule has 0 aliphatic heterocycles. The second-order valence-corrected chi connectivity index (χ2v) is 6.54. The number of aldehydes is 1. The molecule has 3 aliphatic rings. The van der Waals surface area contributed by atoms with Crippen LogP contribution in [0.4, 0.5) is 0 Å². The molecule has 3 aliphatic carbocycles. The summed E-state index contributed by atoms with van der Waals surface area (Å²) in [4.78, 5) is 11.5. The minimum absolute atomic E-state index is 0.657. The van der Waals surface area contributed by atoms with Crippen LogP contribution in [-0.4, -0.2) is 6.29 Å². The summed E-state index contributed by atoms with van der Waals surface area (Å²) in [7, 11) is 0. The molecule has 1 nitrogen and oxygen atoms in total. The molecule has 4 atom stereocenters. The smallest absolute Gasteiger partial charge is 0.150 e. The average Bonchev–Trinajstić information content (AvgIpc) is 3.17. The number of fused-ring (bicyclic) bond motifs is 9. The fourth-order valence-corrected chi connectivity index (χ4v) is 5.02. The maximum atomic E-state index is 11.5. The van der Waals surface area contributed by atoms with Gasteiger partial charge in [0.1, 0.15) is 6.29 Å². The van der Waals surface area contributed by atoms with E-state index in [0.29, 0.717) is 11.8 Å². The van der Waals surface area contributed by atoms with Gasteiger partial charge in [0.05, 0.1) is 0 Å². The first-order valence-electron chi connectivity index (χ1n) is 7.55. The molecule has 2 aromatic carbocycles. The fourth-order valence-electron chi connectivity index (χ4n) is 5.02. The third kappa shape index (κ3) is 1.17. The number of carbonyl (C=O) groups is 1. The third-order valence-corrected chi connectivity index (χ3v) is 5.76. The molecule has 0 radical (unpaired) electrons. The summed E-state index contributed by atoms with van der Waals surface area (Å²) in [6.45, 7) is 0. The lowest BCUT2D eigenvalue weighted by Gasteiger charge is -2.22. The lowest BCUT2D eigenvalue weighted by atomic mass is 9.82. The Kier molecular flexibility index (Phi) is 1.95. The van der Waals surface area contributed by atoms with Gasteiger partial charge >= 0.3 is 0 Å². The van der Waals surface area contributed by atoms with Gasteiger partial charge in [-0.3, -0.25) is 4.79 Å². The molecular formula is C19H16O. The molecule has 2 aromatic rings. The summed E-state index contributed by atoms with van der Waals surface area (Å²) in [5, 5.41) is 2.60. The van der Waals surface area contributed by atoms with Crippen LogP contribution in [0.3, 0.4) is 0 Å². The highest BCUT2D eigenvalue weighted by atomic mass is 16.1. The van der Waals surface area contributed by atoms with Crippen LogP contribution in [0.1, 0.15) is 33.8 Å². The molecule has 0 N–H and O–H groups in total. The highest BCUT2D eigenvalue weighted by Crippen LogP contribution is 2.60. The molecule has 0 amide bonds. The summed E-state index contributed by atoms with van der Waals surface area (Å²) < 4.78 is 0. The van der Waals surface area contributed by atoms with Gasteiger partial charge in [-0.2, -0.15) is 0 Å². The van der Waals surface area contributed by atoms with Gasteiger partial charge in [0.15, 0.2) is 0 Å². The Morgan fingerprint density at radius 3 is 2.85 bits per heavy atom. The van der Waals surface area contributed by atoms with Crippen molar-refractivity contribution in [2.75, 3.05) is 0 Å². The lowest BCUT2D eigenvalue weighted by molar-refractivity contribution is 0.112. The van der Waals surface area contributed by atoms with E-state index in [2.05, 4.69) is 42.5 Å². The van der Waals surface area contributed by atoms with Crippen LogP contribution in [-0.2, 0) is 6.42 Å². The SMILES string of the molecule is O=Cc1cc2ccccc2c2c1CC1C3C=CC(C3)C21. The van der Waals surface area contributed by atoms with Crippen molar-refractivity contribution in [3.05, 3.63) is 59.2 Å². The number of benzene rings is 2. The van der Waals surface area contributed by atoms with E-state index in [0.717, 1.165) is 30.1 Å². The van der Waals surface area contributed by atoms with E-state index in [9.17, 15) is 4.79 Å². The second-order valence-electron chi connectivity index (χ2n) is 6.54. The van der Waals surface area contributed by atoms with E-state index < -0.39 is 0 Å². The standard InChI is InChI=1S/C19H16O/c20-10-14-8-11-3-1-2-4-15(11)19-17(14)9-16-12-5-6-13(7-12)18(16)19/h1-6,8,10,12-13,16,18H,7,9H2. The molecule has 4 unspecified atom stereocenters. The maximum Gasteiger partial charge on any atom is 0.150 e. The maximum absolute atomic E-state index is 11.5. The Morgan fingerprint density at radius 1 is 1.10 bits per heavy atom. The molecular weight excluding hydrogens is 244 g/mol. The zero-order chi connectivity index (χ0) is 13.3. The first-order valence-corrected chi connectivity index (χ1v) is 7.55. The van der Waals surface area contributed by atoms with Crippen molar-refractivity contribution in [2.45, 2.75) is 18.8 Å². The Balaban J connectivity index is 1.86. The predicted octanol–water partition coefficient (Wildman–Crippen LogP) is 4.11. The summed E-state index contributed by atoms with van der Waals surface area (Å²) >= 11 is 0. The van der Waals surface area contributed by atoms with Gasteiger partial charge in [-0.1, -0.05) is 36.4 Å². The Morgan fingerprint density at radius 2 is 1.95 bits per heavy atom. The quantitative estimate of drug-likeness (QED) is 0.557. The molecule has 1 fully saturated rings. The normalized spacial score (nSPS) is 32.6. The Labute approximate surface area is 118 Å². The molecule has 0 spiro atoms. The minimum atomic E-state index is 0.657. The molecule has 2 bridgehead atoms. The molecule has 1 heteroatoms. The molecule has 0 saturated heterocycles. The van der Waals surface area contributed by atoms with E-state index in [1.807, 2.05) is 0 Å². The van der Waals surface area contributed by atoms with Gasteiger partial charge in [-0.05, 0) is 64.5 Å². The lowest BCUT2D eigenvalue weighted by Crippen LogP contribution is -2.12. The summed E-state index contributed by atoms with van der Waals surface area (Å²) in [5.41, 5.74) is 3.76. The molecule has 20 heavy (non-hydrogen) atoms. The van der Waals surface area contributed by atoms with E-state index in [4.69, 9.17) is 0 Å². The molecule has 98 valence electrons. The van der Waals surface area contributed by atoms with Crippen molar-refractivity contribution < 1.29 is 4.79 Å². The summed E-state index contributed by atoms with van der Waals surface area (Å²) in [5.74, 6) is 2.85. The van der Waals surface area contributed by atoms with Crippen LogP contribution in [0, 0.1) is 17.8 Å². The van der Waals surface area contributed by atoms with Gasteiger partial charge in [0, 0.05) is 5.56 Å². The van der Waals surface area contributed by atoms with Crippen LogP contribution in [0.2, 0.25) is 0 Å². The molecule has 5 rings (SSSR count). The number of allylic oxidation sites excluding steroid dienone is 2. The van der Waals surface area contributed by atoms with Gasteiger partial charge < -0.3 is 0 Å². The van der Waals surface area contributed by atoms with E-state index >= 15 is 0 Å². The first kappa shape index (κ1) is 10.8. The second kappa shape index (κ2) is 3.60. The van der Waals surface area contributed by atoms with Crippen LogP contribution >= 0.6 is 0 Å². The Bertz CT molecular complexity index is 771. The van der Waals surface area contributed by atoms with Crippen molar-refractivity contribution in [2.24, 2.45) is 17.8 Å². The number of hydrogen-bond donors (Lipinski definition) is 0. The van der Waals surface area contributed by atoms with Crippen molar-refractivity contribution >= 4 is 17.1 Å². The van der Waals surface area contributed by atoms with Crippen LogP contribution < -0.4 is 0 Å². The van der Waals surface area contributed by atoms with Crippen molar-refractivity contribution in [3.63, 3.8) is 0 Å². The van der Waals surface area contributed by atoms with Gasteiger partial charge in [0.2, 0.25) is 0 Å². The number of rotatable bonds is 1. The fraction of sp³-hybridized carbons (Fsp3) is 0.316. The van der Waals surface area contributed by atoms with E-state index in [1.165, 1.54) is 28.3 Å². The average molecular weight is 260 g/mol. The van der Waals surface area contributed by atoms with Gasteiger partial charge in [0.25, 0.3) is 0 Å². The Hall–Kier alpha value is -1.89. The third-order valence-electron chi connectivity index (χ3n) is 5.76. The number of carbonyl (C=O) groups excluding carboxylic acids is 1. The first-order chi connectivity index (χ1) is 9.86. The molecule has 1 saturated carbocycles. The van der Waals surface area contributed by atoms with Crippen LogP contribution in [0.25, 0.3) is 10.8 Å². The summed E-state index contributed by atoms with van der Waals surface area (Å²) in [6.07, 6.45) is 8.32. The van der Waals surface area contributed by atoms with Gasteiger partial charge in [-0.15, -0.1) is 0 Å². The van der Waals surface area contributed by atoms with E-state index in [-0.39, 0.29) is 0 Å². The molecule has 0 aromatic heterocycles. The highest BCUT2D eigenvalue weighted by Gasteiger charge is 2.50. The topological polar surface area (TPSA) is 17.1 Å². The van der Waals surface area contributed by atoms with Crippen LogP contribution in [0.15, 0.2) is 42.5 Å². The van der Waals surface area contributed by atoms with E-state index in [1.54, 1.807) is 0 Å². The zero-order valence-electron chi connectivity index (χ0n) is 11.3. The monoisotopic (exact) mass is 260 g/mol. The van der Waals surface area contributed by atoms with Crippen molar-refractivity contribution in [1.82, 2.24) is 0 Å².